The highest BCUT2D eigenvalue weighted by atomic mass is 32.2. The molecule has 1 atom stereocenters. The highest BCUT2D eigenvalue weighted by molar-refractivity contribution is 7.91. The predicted octanol–water partition coefficient (Wildman–Crippen LogP) is -0.616. The van der Waals surface area contributed by atoms with Crippen LogP contribution < -0.4 is 5.32 Å². The van der Waals surface area contributed by atoms with E-state index in [0.717, 1.165) is 13.0 Å². The minimum atomic E-state index is -2.84. The quantitative estimate of drug-likeness (QED) is 0.705. The fourth-order valence-corrected chi connectivity index (χ4v) is 3.99. The molecular formula is C10H18N2O3S. The third-order valence-corrected chi connectivity index (χ3v) is 5.27. The number of sulfone groups is 1. The number of amides is 1. The van der Waals surface area contributed by atoms with Crippen molar-refractivity contribution in [1.82, 2.24) is 10.2 Å². The van der Waals surface area contributed by atoms with Gasteiger partial charge < -0.3 is 10.2 Å². The van der Waals surface area contributed by atoms with Crippen LogP contribution in [0.1, 0.15) is 19.3 Å². The fourth-order valence-electron chi connectivity index (χ4n) is 2.52. The Morgan fingerprint density at radius 1 is 1.25 bits per heavy atom. The van der Waals surface area contributed by atoms with Crippen molar-refractivity contribution in [2.45, 2.75) is 31.3 Å². The molecule has 1 amide bonds. The highest BCUT2D eigenvalue weighted by Crippen LogP contribution is 2.23. The number of likely N-dealkylation sites (N-methyl/N-ethyl adjacent to an activating group) is 1. The molecule has 0 spiro atoms. The van der Waals surface area contributed by atoms with Crippen molar-refractivity contribution in [3.63, 3.8) is 0 Å². The largest absolute Gasteiger partial charge is 0.338 e. The smallest absolute Gasteiger partial charge is 0.240 e. The van der Waals surface area contributed by atoms with E-state index in [1.165, 1.54) is 0 Å². The molecule has 2 heterocycles. The summed E-state index contributed by atoms with van der Waals surface area (Å²) in [5.74, 6) is 0.587. The maximum absolute atomic E-state index is 11.9. The van der Waals surface area contributed by atoms with Crippen LogP contribution in [0, 0.1) is 0 Å². The molecule has 2 fully saturated rings. The predicted molar refractivity (Wildman–Crippen MR) is 60.9 cm³/mol. The molecule has 1 unspecified atom stereocenters. The summed E-state index contributed by atoms with van der Waals surface area (Å²) < 4.78 is 22.6. The lowest BCUT2D eigenvalue weighted by Gasteiger charge is -2.31. The van der Waals surface area contributed by atoms with Crippen LogP contribution in [0.25, 0.3) is 0 Å². The molecule has 16 heavy (non-hydrogen) atoms. The zero-order valence-corrected chi connectivity index (χ0v) is 10.3. The monoisotopic (exact) mass is 246 g/mol. The Morgan fingerprint density at radius 2 is 1.88 bits per heavy atom. The Morgan fingerprint density at radius 3 is 2.38 bits per heavy atom. The molecule has 5 nitrogen and oxygen atoms in total. The number of nitrogens with one attached hydrogen (secondary N) is 1. The SMILES string of the molecule is CNC1CCN(C2CCS(=O)(=O)CC2)C1=O. The molecule has 0 radical (unpaired) electrons. The number of hydrogen-bond donors (Lipinski definition) is 1. The van der Waals surface area contributed by atoms with Crippen molar-refractivity contribution >= 4 is 15.7 Å². The van der Waals surface area contributed by atoms with Crippen LogP contribution in [0.15, 0.2) is 0 Å². The molecule has 0 aromatic heterocycles. The molecule has 2 aliphatic rings. The van der Waals surface area contributed by atoms with Gasteiger partial charge in [0.2, 0.25) is 5.91 Å². The number of nitrogens with zero attached hydrogens (tertiary/aromatic N) is 1. The maximum atomic E-state index is 11.9. The second-order valence-corrected chi connectivity index (χ2v) is 6.85. The number of rotatable bonds is 2. The Kier molecular flexibility index (Phi) is 3.21. The van der Waals surface area contributed by atoms with Gasteiger partial charge in [-0.05, 0) is 26.3 Å². The van der Waals surface area contributed by atoms with Gasteiger partial charge in [0, 0.05) is 12.6 Å². The molecular weight excluding hydrogens is 228 g/mol. The Balaban J connectivity index is 1.98. The van der Waals surface area contributed by atoms with Crippen LogP contribution in [0.4, 0.5) is 0 Å². The van der Waals surface area contributed by atoms with Crippen LogP contribution >= 0.6 is 0 Å². The lowest BCUT2D eigenvalue weighted by atomic mass is 10.1. The molecule has 0 saturated carbocycles. The van der Waals surface area contributed by atoms with Gasteiger partial charge in [-0.25, -0.2) is 8.42 Å². The van der Waals surface area contributed by atoms with Gasteiger partial charge in [-0.2, -0.15) is 0 Å². The van der Waals surface area contributed by atoms with Gasteiger partial charge in [0.25, 0.3) is 0 Å². The van der Waals surface area contributed by atoms with Crippen molar-refractivity contribution in [3.05, 3.63) is 0 Å². The van der Waals surface area contributed by atoms with Gasteiger partial charge in [-0.1, -0.05) is 0 Å². The minimum absolute atomic E-state index is 0.0708. The molecule has 0 bridgehead atoms. The summed E-state index contributed by atoms with van der Waals surface area (Å²) in [6.45, 7) is 0.759. The van der Waals surface area contributed by atoms with Crippen LogP contribution in [0.2, 0.25) is 0 Å². The van der Waals surface area contributed by atoms with Gasteiger partial charge in [-0.3, -0.25) is 4.79 Å². The van der Waals surface area contributed by atoms with Crippen LogP contribution in [-0.2, 0) is 14.6 Å². The molecule has 0 aromatic carbocycles. The normalized spacial score (nSPS) is 30.9. The molecule has 2 rings (SSSR count). The average molecular weight is 246 g/mol. The van der Waals surface area contributed by atoms with Crippen molar-refractivity contribution in [3.8, 4) is 0 Å². The Labute approximate surface area is 96.1 Å². The van der Waals surface area contributed by atoms with Crippen LogP contribution in [-0.4, -0.2) is 56.4 Å². The van der Waals surface area contributed by atoms with Crippen molar-refractivity contribution < 1.29 is 13.2 Å². The highest BCUT2D eigenvalue weighted by Gasteiger charge is 2.37. The van der Waals surface area contributed by atoms with E-state index in [1.54, 1.807) is 7.05 Å². The van der Waals surface area contributed by atoms with Gasteiger partial charge >= 0.3 is 0 Å². The second kappa shape index (κ2) is 4.33. The maximum Gasteiger partial charge on any atom is 0.240 e. The lowest BCUT2D eigenvalue weighted by Crippen LogP contribution is -2.45. The first-order chi connectivity index (χ1) is 7.53. The molecule has 1 N–H and O–H groups in total. The number of carbonyl (C=O) groups excluding carboxylic acids is 1. The summed E-state index contributed by atoms with van der Waals surface area (Å²) in [5.41, 5.74) is 0. The van der Waals surface area contributed by atoms with Gasteiger partial charge in [0.1, 0.15) is 9.84 Å². The van der Waals surface area contributed by atoms with E-state index < -0.39 is 9.84 Å². The standard InChI is InChI=1S/C10H18N2O3S/c1-11-9-2-5-12(10(9)13)8-3-6-16(14,15)7-4-8/h8-9,11H,2-7H2,1H3. The van der Waals surface area contributed by atoms with E-state index in [1.807, 2.05) is 4.90 Å². The number of hydrogen-bond acceptors (Lipinski definition) is 4. The summed E-state index contributed by atoms with van der Waals surface area (Å²) in [6, 6.07) is 0.0629. The number of carbonyl (C=O) groups is 1. The first-order valence-electron chi connectivity index (χ1n) is 5.71. The van der Waals surface area contributed by atoms with E-state index in [9.17, 15) is 13.2 Å². The molecule has 2 aliphatic heterocycles. The zero-order valence-electron chi connectivity index (χ0n) is 9.48. The van der Waals surface area contributed by atoms with Crippen molar-refractivity contribution in [1.29, 1.82) is 0 Å². The van der Waals surface area contributed by atoms with Gasteiger partial charge in [0.05, 0.1) is 17.5 Å². The third kappa shape index (κ3) is 2.22. The molecule has 0 aliphatic carbocycles. The minimum Gasteiger partial charge on any atom is -0.338 e. The van der Waals surface area contributed by atoms with Crippen molar-refractivity contribution in [2.75, 3.05) is 25.1 Å². The molecule has 92 valence electrons. The summed E-state index contributed by atoms with van der Waals surface area (Å²) in [4.78, 5) is 13.8. The van der Waals surface area contributed by atoms with E-state index in [4.69, 9.17) is 0 Å². The first kappa shape index (κ1) is 11.9. The Bertz CT molecular complexity index is 366. The molecule has 2 saturated heterocycles. The van der Waals surface area contributed by atoms with Gasteiger partial charge in [0.15, 0.2) is 0 Å². The van der Waals surface area contributed by atoms with Crippen LogP contribution in [0.3, 0.4) is 0 Å². The second-order valence-electron chi connectivity index (χ2n) is 4.54. The molecule has 6 heteroatoms. The Hall–Kier alpha value is -0.620. The van der Waals surface area contributed by atoms with Gasteiger partial charge in [-0.15, -0.1) is 0 Å². The molecule has 0 aromatic rings. The average Bonchev–Trinajstić information content (AvgIpc) is 2.60. The summed E-state index contributed by atoms with van der Waals surface area (Å²) in [6.07, 6.45) is 2.04. The lowest BCUT2D eigenvalue weighted by molar-refractivity contribution is -0.131. The van der Waals surface area contributed by atoms with Crippen molar-refractivity contribution in [2.24, 2.45) is 0 Å². The zero-order chi connectivity index (χ0) is 11.8. The van der Waals surface area contributed by atoms with E-state index in [-0.39, 0.29) is 29.5 Å². The fraction of sp³-hybridized carbons (Fsp3) is 0.900. The number of likely N-dealkylation sites (tertiary alicyclic amines) is 1. The first-order valence-corrected chi connectivity index (χ1v) is 7.54. The third-order valence-electron chi connectivity index (χ3n) is 3.55. The van der Waals surface area contributed by atoms with E-state index >= 15 is 0 Å². The topological polar surface area (TPSA) is 66.5 Å². The summed E-state index contributed by atoms with van der Waals surface area (Å²) in [5, 5.41) is 2.99. The summed E-state index contributed by atoms with van der Waals surface area (Å²) >= 11 is 0. The van der Waals surface area contributed by atoms with E-state index in [2.05, 4.69) is 5.32 Å². The van der Waals surface area contributed by atoms with Crippen LogP contribution in [0.5, 0.6) is 0 Å². The van der Waals surface area contributed by atoms with E-state index in [0.29, 0.717) is 12.8 Å². The summed E-state index contributed by atoms with van der Waals surface area (Å²) in [7, 11) is -1.05.